The molecule has 3 heteroatoms. The first-order valence-electron chi connectivity index (χ1n) is 3.52. The molecular formula is C7H12FNO. The molecule has 2 atom stereocenters. The topological polar surface area (TPSA) is 20.3 Å². The first-order chi connectivity index (χ1) is 4.74. The first kappa shape index (κ1) is 7.66. The molecule has 58 valence electrons. The highest BCUT2D eigenvalue weighted by Crippen LogP contribution is 2.18. The van der Waals surface area contributed by atoms with Crippen molar-refractivity contribution < 1.29 is 9.18 Å². The van der Waals surface area contributed by atoms with Crippen molar-refractivity contribution in [3.05, 3.63) is 0 Å². The third kappa shape index (κ3) is 1.53. The molecule has 1 saturated heterocycles. The number of alkyl halides is 1. The smallest absolute Gasteiger partial charge is 0.159 e. The molecule has 0 saturated carbocycles. The lowest BCUT2D eigenvalue weighted by Crippen LogP contribution is -2.21. The van der Waals surface area contributed by atoms with E-state index in [0.29, 0.717) is 6.29 Å². The summed E-state index contributed by atoms with van der Waals surface area (Å²) in [6.45, 7) is 1.64. The predicted molar refractivity (Wildman–Crippen MR) is 36.6 cm³/mol. The van der Waals surface area contributed by atoms with Crippen LogP contribution in [0.3, 0.4) is 0 Å². The fourth-order valence-electron chi connectivity index (χ4n) is 1.34. The number of carbonyl (C=O) groups excluding carboxylic acids is 1. The second-order valence-electron chi connectivity index (χ2n) is 2.89. The van der Waals surface area contributed by atoms with Gasteiger partial charge in [-0.1, -0.05) is 0 Å². The Hall–Kier alpha value is -0.440. The van der Waals surface area contributed by atoms with E-state index in [-0.39, 0.29) is 5.92 Å². The predicted octanol–water partition coefficient (Wildman–Crippen LogP) is 0.475. The van der Waals surface area contributed by atoms with Gasteiger partial charge in [0, 0.05) is 12.5 Å². The molecule has 1 fully saturated rings. The summed E-state index contributed by atoms with van der Waals surface area (Å²) < 4.78 is 12.6. The van der Waals surface area contributed by atoms with Gasteiger partial charge in [-0.25, -0.2) is 4.39 Å². The van der Waals surface area contributed by atoms with Crippen LogP contribution in [0, 0.1) is 5.92 Å². The Morgan fingerprint density at radius 2 is 2.50 bits per heavy atom. The lowest BCUT2D eigenvalue weighted by molar-refractivity contribution is -0.113. The van der Waals surface area contributed by atoms with E-state index in [1.807, 2.05) is 11.9 Å². The van der Waals surface area contributed by atoms with Crippen molar-refractivity contribution in [3.63, 3.8) is 0 Å². The minimum atomic E-state index is -1.25. The van der Waals surface area contributed by atoms with Gasteiger partial charge in [0.25, 0.3) is 0 Å². The maximum atomic E-state index is 12.6. The highest BCUT2D eigenvalue weighted by atomic mass is 19.1. The third-order valence-corrected chi connectivity index (χ3v) is 2.01. The van der Waals surface area contributed by atoms with Gasteiger partial charge in [0.1, 0.15) is 0 Å². The summed E-state index contributed by atoms with van der Waals surface area (Å²) in [5.74, 6) is -0.0532. The van der Waals surface area contributed by atoms with E-state index >= 15 is 0 Å². The zero-order valence-corrected chi connectivity index (χ0v) is 6.09. The van der Waals surface area contributed by atoms with Gasteiger partial charge in [0.05, 0.1) is 0 Å². The van der Waals surface area contributed by atoms with Crippen molar-refractivity contribution in [2.24, 2.45) is 5.92 Å². The van der Waals surface area contributed by atoms with Gasteiger partial charge in [-0.05, 0) is 20.0 Å². The summed E-state index contributed by atoms with van der Waals surface area (Å²) in [5.41, 5.74) is 0. The van der Waals surface area contributed by atoms with Gasteiger partial charge >= 0.3 is 0 Å². The van der Waals surface area contributed by atoms with Gasteiger partial charge in [0.2, 0.25) is 0 Å². The Morgan fingerprint density at radius 1 is 1.80 bits per heavy atom. The maximum absolute atomic E-state index is 12.6. The molecule has 0 N–H and O–H groups in total. The number of carbonyl (C=O) groups is 1. The fourth-order valence-corrected chi connectivity index (χ4v) is 1.34. The Bertz CT molecular complexity index is 129. The molecule has 10 heavy (non-hydrogen) atoms. The van der Waals surface area contributed by atoms with Crippen molar-refractivity contribution in [1.82, 2.24) is 4.90 Å². The minimum absolute atomic E-state index is 0.0532. The van der Waals surface area contributed by atoms with E-state index in [9.17, 15) is 9.18 Å². The average molecular weight is 145 g/mol. The number of hydrogen-bond donors (Lipinski definition) is 0. The van der Waals surface area contributed by atoms with Crippen LogP contribution in [-0.4, -0.2) is 37.5 Å². The highest BCUT2D eigenvalue weighted by molar-refractivity contribution is 5.56. The van der Waals surface area contributed by atoms with Crippen molar-refractivity contribution in [1.29, 1.82) is 0 Å². The average Bonchev–Trinajstić information content (AvgIpc) is 2.34. The van der Waals surface area contributed by atoms with Crippen LogP contribution in [-0.2, 0) is 4.79 Å². The summed E-state index contributed by atoms with van der Waals surface area (Å²) in [5, 5.41) is 0. The molecule has 0 aromatic carbocycles. The van der Waals surface area contributed by atoms with E-state index in [1.165, 1.54) is 0 Å². The van der Waals surface area contributed by atoms with Crippen molar-refractivity contribution in [2.45, 2.75) is 12.6 Å². The van der Waals surface area contributed by atoms with Crippen molar-refractivity contribution in [2.75, 3.05) is 20.1 Å². The summed E-state index contributed by atoms with van der Waals surface area (Å²) in [6, 6.07) is 0. The van der Waals surface area contributed by atoms with E-state index in [2.05, 4.69) is 0 Å². The van der Waals surface area contributed by atoms with Crippen LogP contribution >= 0.6 is 0 Å². The molecule has 0 aliphatic carbocycles. The molecule has 0 aromatic rings. The highest BCUT2D eigenvalue weighted by Gasteiger charge is 2.26. The molecule has 1 aliphatic heterocycles. The quantitative estimate of drug-likeness (QED) is 0.526. The Morgan fingerprint density at radius 3 is 2.90 bits per heavy atom. The monoisotopic (exact) mass is 145 g/mol. The minimum Gasteiger partial charge on any atom is -0.306 e. The normalized spacial score (nSPS) is 30.4. The van der Waals surface area contributed by atoms with E-state index in [0.717, 1.165) is 19.5 Å². The van der Waals surface area contributed by atoms with E-state index in [1.54, 1.807) is 0 Å². The molecule has 2 unspecified atom stereocenters. The molecule has 0 aromatic heterocycles. The van der Waals surface area contributed by atoms with Crippen LogP contribution in [0.1, 0.15) is 6.42 Å². The van der Waals surface area contributed by atoms with Crippen molar-refractivity contribution in [3.8, 4) is 0 Å². The number of aldehydes is 1. The number of halogens is 1. The number of rotatable bonds is 2. The number of likely N-dealkylation sites (tertiary alicyclic amines) is 1. The number of nitrogens with zero attached hydrogens (tertiary/aromatic N) is 1. The fraction of sp³-hybridized carbons (Fsp3) is 0.857. The van der Waals surface area contributed by atoms with E-state index < -0.39 is 6.17 Å². The van der Waals surface area contributed by atoms with Crippen LogP contribution in [0.2, 0.25) is 0 Å². The molecule has 0 amide bonds. The Balaban J connectivity index is 2.36. The third-order valence-electron chi connectivity index (χ3n) is 2.01. The SMILES string of the molecule is CN1CCC(C(F)C=O)C1. The summed E-state index contributed by atoms with van der Waals surface area (Å²) in [6.07, 6.45) is -0.0230. The molecule has 1 rings (SSSR count). The molecule has 1 aliphatic rings. The second kappa shape index (κ2) is 3.10. The lowest BCUT2D eigenvalue weighted by atomic mass is 10.0. The molecule has 0 radical (unpaired) electrons. The maximum Gasteiger partial charge on any atom is 0.159 e. The molecule has 2 nitrogen and oxygen atoms in total. The standard InChI is InChI=1S/C7H12FNO/c1-9-3-2-6(4-9)7(8)5-10/h5-7H,2-4H2,1H3. The van der Waals surface area contributed by atoms with Crippen molar-refractivity contribution >= 4 is 6.29 Å². The van der Waals surface area contributed by atoms with Gasteiger partial charge in [-0.2, -0.15) is 0 Å². The van der Waals surface area contributed by atoms with Crippen LogP contribution in [0.5, 0.6) is 0 Å². The summed E-state index contributed by atoms with van der Waals surface area (Å²) in [4.78, 5) is 12.0. The van der Waals surface area contributed by atoms with Crippen LogP contribution in [0.4, 0.5) is 4.39 Å². The van der Waals surface area contributed by atoms with Gasteiger partial charge in [-0.3, -0.25) is 0 Å². The largest absolute Gasteiger partial charge is 0.306 e. The van der Waals surface area contributed by atoms with Crippen LogP contribution < -0.4 is 0 Å². The first-order valence-corrected chi connectivity index (χ1v) is 3.52. The summed E-state index contributed by atoms with van der Waals surface area (Å²) in [7, 11) is 1.94. The number of hydrogen-bond acceptors (Lipinski definition) is 2. The zero-order chi connectivity index (χ0) is 7.56. The molecule has 0 bridgehead atoms. The second-order valence-corrected chi connectivity index (χ2v) is 2.89. The van der Waals surface area contributed by atoms with Gasteiger partial charge in [0.15, 0.2) is 12.5 Å². The Labute approximate surface area is 60.0 Å². The Kier molecular flexibility index (Phi) is 2.38. The van der Waals surface area contributed by atoms with E-state index in [4.69, 9.17) is 0 Å². The van der Waals surface area contributed by atoms with Gasteiger partial charge in [-0.15, -0.1) is 0 Å². The van der Waals surface area contributed by atoms with Crippen LogP contribution in [0.15, 0.2) is 0 Å². The summed E-state index contributed by atoms with van der Waals surface area (Å²) >= 11 is 0. The molecular weight excluding hydrogens is 133 g/mol. The van der Waals surface area contributed by atoms with Crippen LogP contribution in [0.25, 0.3) is 0 Å². The lowest BCUT2D eigenvalue weighted by Gasteiger charge is -2.09. The molecule has 0 spiro atoms. The van der Waals surface area contributed by atoms with Gasteiger partial charge < -0.3 is 9.69 Å². The molecule has 1 heterocycles. The zero-order valence-electron chi connectivity index (χ0n) is 6.09.